The van der Waals surface area contributed by atoms with Crippen molar-refractivity contribution in [3.8, 4) is 0 Å². The number of halogens is 1. The number of amides is 2. The van der Waals surface area contributed by atoms with Crippen LogP contribution in [0.5, 0.6) is 0 Å². The van der Waals surface area contributed by atoms with Crippen LogP contribution in [-0.2, 0) is 12.0 Å². The van der Waals surface area contributed by atoms with Gasteiger partial charge in [0.25, 0.3) is 0 Å². The Kier molecular flexibility index (Phi) is 4.53. The number of fused-ring (bicyclic) bond motifs is 1. The van der Waals surface area contributed by atoms with Gasteiger partial charge in [-0.1, -0.05) is 36.4 Å². The molecule has 0 radical (unpaired) electrons. The molecule has 126 valence electrons. The smallest absolute Gasteiger partial charge is 0.315 e. The van der Waals surface area contributed by atoms with E-state index in [9.17, 15) is 14.3 Å². The number of hydrogen-bond donors (Lipinski definition) is 3. The van der Waals surface area contributed by atoms with E-state index in [1.165, 1.54) is 12.1 Å². The van der Waals surface area contributed by atoms with Crippen molar-refractivity contribution in [3.05, 3.63) is 71.0 Å². The Morgan fingerprint density at radius 1 is 1.29 bits per heavy atom. The number of hydrogen-bond acceptors (Lipinski definition) is 2. The first-order chi connectivity index (χ1) is 11.5. The van der Waals surface area contributed by atoms with Crippen LogP contribution in [0.1, 0.15) is 36.1 Å². The second-order valence-corrected chi connectivity index (χ2v) is 6.40. The van der Waals surface area contributed by atoms with Crippen molar-refractivity contribution < 1.29 is 14.3 Å². The molecule has 3 rings (SSSR count). The lowest BCUT2D eigenvalue weighted by molar-refractivity contribution is 0.0592. The highest BCUT2D eigenvalue weighted by Crippen LogP contribution is 2.31. The molecule has 24 heavy (non-hydrogen) atoms. The Bertz CT molecular complexity index is 731. The molecule has 2 amide bonds. The number of carbonyl (C=O) groups is 1. The molecule has 3 N–H and O–H groups in total. The van der Waals surface area contributed by atoms with E-state index in [0.29, 0.717) is 0 Å². The first-order valence-electron chi connectivity index (χ1n) is 8.06. The van der Waals surface area contributed by atoms with Gasteiger partial charge in [0.15, 0.2) is 0 Å². The number of carbonyl (C=O) groups excluding carboxylic acids is 1. The van der Waals surface area contributed by atoms with Crippen LogP contribution in [-0.4, -0.2) is 17.7 Å². The molecule has 0 spiro atoms. The lowest BCUT2D eigenvalue weighted by Crippen LogP contribution is -2.44. The van der Waals surface area contributed by atoms with Gasteiger partial charge in [0.1, 0.15) is 11.4 Å². The van der Waals surface area contributed by atoms with E-state index in [1.54, 1.807) is 13.0 Å². The fraction of sp³-hybridized carbons (Fsp3) is 0.316. The number of aryl methyl sites for hydroxylation is 1. The molecular formula is C19H21FN2O2. The number of aliphatic hydroxyl groups is 1. The fourth-order valence-electron chi connectivity index (χ4n) is 3.08. The first kappa shape index (κ1) is 16.5. The topological polar surface area (TPSA) is 61.4 Å². The van der Waals surface area contributed by atoms with Crippen molar-refractivity contribution in [2.75, 3.05) is 6.54 Å². The van der Waals surface area contributed by atoms with E-state index in [2.05, 4.69) is 10.6 Å². The molecule has 0 fully saturated rings. The SMILES string of the molecule is CC(O)(CNC(=O)NC1CCc2ccc(F)cc21)c1ccccc1. The van der Waals surface area contributed by atoms with E-state index in [1.807, 2.05) is 30.3 Å². The Morgan fingerprint density at radius 2 is 2.04 bits per heavy atom. The van der Waals surface area contributed by atoms with Gasteiger partial charge in [-0.3, -0.25) is 0 Å². The molecule has 0 heterocycles. The van der Waals surface area contributed by atoms with Crippen molar-refractivity contribution in [1.29, 1.82) is 0 Å². The summed E-state index contributed by atoms with van der Waals surface area (Å²) in [6, 6.07) is 13.3. The first-order valence-corrected chi connectivity index (χ1v) is 8.06. The summed E-state index contributed by atoms with van der Waals surface area (Å²) >= 11 is 0. The molecule has 1 aliphatic rings. The van der Waals surface area contributed by atoms with Gasteiger partial charge in [0.2, 0.25) is 0 Å². The molecule has 2 unspecified atom stereocenters. The van der Waals surface area contributed by atoms with Crippen LogP contribution in [0.4, 0.5) is 9.18 Å². The summed E-state index contributed by atoms with van der Waals surface area (Å²) in [5.41, 5.74) is 1.48. The van der Waals surface area contributed by atoms with Crippen LogP contribution >= 0.6 is 0 Å². The van der Waals surface area contributed by atoms with Gasteiger partial charge >= 0.3 is 6.03 Å². The van der Waals surface area contributed by atoms with E-state index >= 15 is 0 Å². The summed E-state index contributed by atoms with van der Waals surface area (Å²) in [5, 5.41) is 16.1. The minimum atomic E-state index is -1.15. The molecule has 2 aromatic rings. The molecule has 0 aliphatic heterocycles. The fourth-order valence-corrected chi connectivity index (χ4v) is 3.08. The highest BCUT2D eigenvalue weighted by Gasteiger charge is 2.26. The van der Waals surface area contributed by atoms with E-state index in [0.717, 1.165) is 29.5 Å². The third-order valence-corrected chi connectivity index (χ3v) is 4.48. The second kappa shape index (κ2) is 6.61. The van der Waals surface area contributed by atoms with E-state index in [4.69, 9.17) is 0 Å². The zero-order valence-corrected chi connectivity index (χ0v) is 13.6. The zero-order valence-electron chi connectivity index (χ0n) is 13.6. The lowest BCUT2D eigenvalue weighted by Gasteiger charge is -2.25. The second-order valence-electron chi connectivity index (χ2n) is 6.40. The molecule has 4 nitrogen and oxygen atoms in total. The largest absolute Gasteiger partial charge is 0.384 e. The van der Waals surface area contributed by atoms with Gasteiger partial charge in [0.05, 0.1) is 12.6 Å². The van der Waals surface area contributed by atoms with Gasteiger partial charge in [-0.2, -0.15) is 0 Å². The average Bonchev–Trinajstić information content (AvgIpc) is 2.96. The average molecular weight is 328 g/mol. The summed E-state index contributed by atoms with van der Waals surface area (Å²) in [7, 11) is 0. The maximum absolute atomic E-state index is 13.4. The normalized spacial score (nSPS) is 18.5. The lowest BCUT2D eigenvalue weighted by atomic mass is 9.96. The number of nitrogens with one attached hydrogen (secondary N) is 2. The van der Waals surface area contributed by atoms with Crippen molar-refractivity contribution >= 4 is 6.03 Å². The summed E-state index contributed by atoms with van der Waals surface area (Å²) in [5.74, 6) is -0.296. The molecule has 1 aliphatic carbocycles. The zero-order chi connectivity index (χ0) is 17.2. The van der Waals surface area contributed by atoms with Gasteiger partial charge in [0, 0.05) is 0 Å². The molecule has 5 heteroatoms. The summed E-state index contributed by atoms with van der Waals surface area (Å²) < 4.78 is 13.4. The van der Waals surface area contributed by atoms with Gasteiger partial charge in [-0.15, -0.1) is 0 Å². The molecule has 2 atom stereocenters. The quantitative estimate of drug-likeness (QED) is 0.808. The summed E-state index contributed by atoms with van der Waals surface area (Å²) in [6.45, 7) is 1.74. The Morgan fingerprint density at radius 3 is 2.79 bits per heavy atom. The number of rotatable bonds is 4. The van der Waals surface area contributed by atoms with Gasteiger partial charge in [-0.05, 0) is 48.6 Å². The van der Waals surface area contributed by atoms with Crippen molar-refractivity contribution in [3.63, 3.8) is 0 Å². The van der Waals surface area contributed by atoms with Crippen LogP contribution < -0.4 is 10.6 Å². The van der Waals surface area contributed by atoms with Crippen molar-refractivity contribution in [1.82, 2.24) is 10.6 Å². The Hall–Kier alpha value is -2.40. The van der Waals surface area contributed by atoms with Gasteiger partial charge in [-0.25, -0.2) is 9.18 Å². The van der Waals surface area contributed by atoms with Crippen LogP contribution in [0.15, 0.2) is 48.5 Å². The third kappa shape index (κ3) is 3.57. The third-order valence-electron chi connectivity index (χ3n) is 4.48. The van der Waals surface area contributed by atoms with Crippen molar-refractivity contribution in [2.24, 2.45) is 0 Å². The van der Waals surface area contributed by atoms with Crippen LogP contribution in [0, 0.1) is 5.82 Å². The highest BCUT2D eigenvalue weighted by molar-refractivity contribution is 5.74. The predicted octanol–water partition coefficient (Wildman–Crippen LogP) is 3.02. The summed E-state index contributed by atoms with van der Waals surface area (Å²) in [4.78, 5) is 12.1. The molecule has 0 saturated heterocycles. The Labute approximate surface area is 140 Å². The molecule has 0 aromatic heterocycles. The molecular weight excluding hydrogens is 307 g/mol. The standard InChI is InChI=1S/C19H21FN2O2/c1-19(24,14-5-3-2-4-6-14)12-21-18(23)22-17-10-8-13-7-9-15(20)11-16(13)17/h2-7,9,11,17,24H,8,10,12H2,1H3,(H2,21,22,23). The number of urea groups is 1. The molecule has 0 saturated carbocycles. The monoisotopic (exact) mass is 328 g/mol. The van der Waals surface area contributed by atoms with Crippen LogP contribution in [0.3, 0.4) is 0 Å². The molecule has 0 bridgehead atoms. The van der Waals surface area contributed by atoms with E-state index in [-0.39, 0.29) is 24.4 Å². The minimum absolute atomic E-state index is 0.0889. The highest BCUT2D eigenvalue weighted by atomic mass is 19.1. The Balaban J connectivity index is 1.59. The van der Waals surface area contributed by atoms with Gasteiger partial charge < -0.3 is 15.7 Å². The van der Waals surface area contributed by atoms with Crippen LogP contribution in [0.2, 0.25) is 0 Å². The summed E-state index contributed by atoms with van der Waals surface area (Å²) in [6.07, 6.45) is 1.57. The maximum atomic E-state index is 13.4. The number of benzene rings is 2. The predicted molar refractivity (Wildman–Crippen MR) is 90.0 cm³/mol. The van der Waals surface area contributed by atoms with E-state index < -0.39 is 5.60 Å². The van der Waals surface area contributed by atoms with Crippen molar-refractivity contribution in [2.45, 2.75) is 31.4 Å². The molecule has 2 aromatic carbocycles. The van der Waals surface area contributed by atoms with Crippen LogP contribution in [0.25, 0.3) is 0 Å². The minimum Gasteiger partial charge on any atom is -0.384 e. The maximum Gasteiger partial charge on any atom is 0.315 e.